The molecule has 0 N–H and O–H groups in total. The zero-order valence-electron chi connectivity index (χ0n) is 15.6. The molecule has 4 rings (SSSR count). The van der Waals surface area contributed by atoms with Gasteiger partial charge >= 0.3 is 6.03 Å². The summed E-state index contributed by atoms with van der Waals surface area (Å²) in [7, 11) is 0. The van der Waals surface area contributed by atoms with Crippen molar-refractivity contribution in [1.29, 1.82) is 0 Å². The molecule has 0 bridgehead atoms. The molecule has 1 atom stereocenters. The van der Waals surface area contributed by atoms with E-state index in [-0.39, 0.29) is 30.3 Å². The molecule has 2 aromatic rings. The molecule has 9 heteroatoms. The Bertz CT molecular complexity index is 911. The van der Waals surface area contributed by atoms with Crippen molar-refractivity contribution >= 4 is 33.6 Å². The standard InChI is InChI=1S/C20H20BrFN4O3/c21-14-5-6-18(23-11-14)29-15-7-8-24(12-15)19(27)13-25-9-10-26(20(25)28)17-4-2-1-3-16(17)22/h1-6,11,15H,7-10,12-13H2. The number of halogens is 2. The van der Waals surface area contributed by atoms with E-state index in [1.165, 1.54) is 15.9 Å². The van der Waals surface area contributed by atoms with E-state index >= 15 is 0 Å². The predicted octanol–water partition coefficient (Wildman–Crippen LogP) is 2.91. The molecule has 0 aliphatic carbocycles. The van der Waals surface area contributed by atoms with E-state index in [2.05, 4.69) is 20.9 Å². The Morgan fingerprint density at radius 1 is 1.21 bits per heavy atom. The molecule has 1 unspecified atom stereocenters. The molecule has 2 fully saturated rings. The largest absolute Gasteiger partial charge is 0.472 e. The van der Waals surface area contributed by atoms with Gasteiger partial charge in [-0.25, -0.2) is 14.2 Å². The van der Waals surface area contributed by atoms with Crippen molar-refractivity contribution in [2.75, 3.05) is 37.6 Å². The first-order chi connectivity index (χ1) is 14.0. The molecule has 0 radical (unpaired) electrons. The molecule has 7 nitrogen and oxygen atoms in total. The Balaban J connectivity index is 1.31. The number of ether oxygens (including phenoxy) is 1. The number of carbonyl (C=O) groups excluding carboxylic acids is 2. The van der Waals surface area contributed by atoms with Gasteiger partial charge in [-0.3, -0.25) is 9.69 Å². The van der Waals surface area contributed by atoms with Crippen LogP contribution in [0.25, 0.3) is 0 Å². The summed E-state index contributed by atoms with van der Waals surface area (Å²) >= 11 is 3.33. The lowest BCUT2D eigenvalue weighted by Gasteiger charge is -2.22. The van der Waals surface area contributed by atoms with E-state index in [1.807, 2.05) is 6.07 Å². The second kappa shape index (κ2) is 8.36. The zero-order chi connectivity index (χ0) is 20.4. The number of amides is 3. The number of carbonyl (C=O) groups is 2. The van der Waals surface area contributed by atoms with Crippen molar-refractivity contribution in [1.82, 2.24) is 14.8 Å². The fourth-order valence-electron chi connectivity index (χ4n) is 3.54. The summed E-state index contributed by atoms with van der Waals surface area (Å²) in [5.74, 6) is -0.0681. The van der Waals surface area contributed by atoms with Gasteiger partial charge in [0.25, 0.3) is 0 Å². The van der Waals surface area contributed by atoms with E-state index in [9.17, 15) is 14.0 Å². The monoisotopic (exact) mass is 462 g/mol. The third-order valence-electron chi connectivity index (χ3n) is 5.05. The molecule has 1 aromatic heterocycles. The fourth-order valence-corrected chi connectivity index (χ4v) is 3.77. The normalized spacial score (nSPS) is 19.2. The van der Waals surface area contributed by atoms with Crippen LogP contribution in [-0.4, -0.2) is 65.5 Å². The number of hydrogen-bond donors (Lipinski definition) is 0. The predicted molar refractivity (Wildman–Crippen MR) is 108 cm³/mol. The first-order valence-corrected chi connectivity index (χ1v) is 10.2. The molecule has 0 spiro atoms. The van der Waals surface area contributed by atoms with E-state index in [1.54, 1.807) is 35.4 Å². The van der Waals surface area contributed by atoms with Crippen molar-refractivity contribution in [3.8, 4) is 5.88 Å². The van der Waals surface area contributed by atoms with Gasteiger partial charge in [-0.05, 0) is 34.1 Å². The Morgan fingerprint density at radius 3 is 2.79 bits per heavy atom. The molecule has 3 amide bonds. The van der Waals surface area contributed by atoms with E-state index < -0.39 is 5.82 Å². The Labute approximate surface area is 176 Å². The molecular weight excluding hydrogens is 443 g/mol. The summed E-state index contributed by atoms with van der Waals surface area (Å²) in [5, 5.41) is 0. The third kappa shape index (κ3) is 4.34. The number of para-hydroxylation sites is 1. The summed E-state index contributed by atoms with van der Waals surface area (Å²) in [6.07, 6.45) is 2.24. The highest BCUT2D eigenvalue weighted by Crippen LogP contribution is 2.24. The minimum atomic E-state index is -0.449. The van der Waals surface area contributed by atoms with Crippen molar-refractivity contribution in [3.63, 3.8) is 0 Å². The van der Waals surface area contributed by atoms with Crippen molar-refractivity contribution in [2.45, 2.75) is 12.5 Å². The Morgan fingerprint density at radius 2 is 2.03 bits per heavy atom. The number of benzene rings is 1. The van der Waals surface area contributed by atoms with Crippen LogP contribution in [0.5, 0.6) is 5.88 Å². The number of likely N-dealkylation sites (tertiary alicyclic amines) is 1. The molecule has 3 heterocycles. The van der Waals surface area contributed by atoms with Gasteiger partial charge in [-0.2, -0.15) is 0 Å². The summed E-state index contributed by atoms with van der Waals surface area (Å²) < 4.78 is 20.7. The molecule has 1 aromatic carbocycles. The minimum absolute atomic E-state index is 0.0208. The molecule has 2 aliphatic rings. The number of pyridine rings is 1. The first kappa shape index (κ1) is 19.6. The van der Waals surface area contributed by atoms with Crippen LogP contribution in [0, 0.1) is 5.82 Å². The Kier molecular flexibility index (Phi) is 5.66. The Hall–Kier alpha value is -2.68. The van der Waals surface area contributed by atoms with Gasteiger partial charge in [0, 0.05) is 42.8 Å². The van der Waals surface area contributed by atoms with Gasteiger partial charge < -0.3 is 14.5 Å². The van der Waals surface area contributed by atoms with Crippen LogP contribution in [0.1, 0.15) is 6.42 Å². The molecule has 0 saturated carbocycles. The van der Waals surface area contributed by atoms with Gasteiger partial charge in [-0.15, -0.1) is 0 Å². The van der Waals surface area contributed by atoms with Crippen LogP contribution in [0.15, 0.2) is 47.1 Å². The number of nitrogens with zero attached hydrogens (tertiary/aromatic N) is 4. The van der Waals surface area contributed by atoms with Gasteiger partial charge in [0.05, 0.1) is 12.2 Å². The highest BCUT2D eigenvalue weighted by Gasteiger charge is 2.35. The van der Waals surface area contributed by atoms with Gasteiger partial charge in [0.2, 0.25) is 11.8 Å². The number of urea groups is 1. The number of anilines is 1. The van der Waals surface area contributed by atoms with Gasteiger partial charge in [0.1, 0.15) is 18.5 Å². The molecule has 2 aliphatic heterocycles. The average molecular weight is 463 g/mol. The fraction of sp³-hybridized carbons (Fsp3) is 0.350. The maximum absolute atomic E-state index is 14.0. The van der Waals surface area contributed by atoms with Crippen LogP contribution >= 0.6 is 15.9 Å². The quantitative estimate of drug-likeness (QED) is 0.684. The number of rotatable bonds is 5. The third-order valence-corrected chi connectivity index (χ3v) is 5.52. The van der Waals surface area contributed by atoms with Gasteiger partial charge in [-0.1, -0.05) is 12.1 Å². The zero-order valence-corrected chi connectivity index (χ0v) is 17.2. The summed E-state index contributed by atoms with van der Waals surface area (Å²) in [5.41, 5.74) is 0.240. The lowest BCUT2D eigenvalue weighted by Crippen LogP contribution is -2.42. The summed E-state index contributed by atoms with van der Waals surface area (Å²) in [6, 6.07) is 9.42. The summed E-state index contributed by atoms with van der Waals surface area (Å²) in [4.78, 5) is 34.0. The second-order valence-electron chi connectivity index (χ2n) is 6.99. The van der Waals surface area contributed by atoms with Crippen LogP contribution in [0.3, 0.4) is 0 Å². The molecular formula is C20H20BrFN4O3. The smallest absolute Gasteiger partial charge is 0.325 e. The van der Waals surface area contributed by atoms with Crippen molar-refractivity contribution in [2.24, 2.45) is 0 Å². The molecule has 152 valence electrons. The lowest BCUT2D eigenvalue weighted by atomic mass is 10.3. The number of aromatic nitrogens is 1. The van der Waals surface area contributed by atoms with Crippen LogP contribution in [0.4, 0.5) is 14.9 Å². The summed E-state index contributed by atoms with van der Waals surface area (Å²) in [6.45, 7) is 1.74. The van der Waals surface area contributed by atoms with E-state index in [4.69, 9.17) is 4.74 Å². The minimum Gasteiger partial charge on any atom is -0.472 e. The highest BCUT2D eigenvalue weighted by atomic mass is 79.9. The average Bonchev–Trinajstić information content (AvgIpc) is 3.32. The topological polar surface area (TPSA) is 66.0 Å². The lowest BCUT2D eigenvalue weighted by molar-refractivity contribution is -0.130. The SMILES string of the molecule is O=C(CN1CCN(c2ccccc2F)C1=O)N1CCC(Oc2ccc(Br)cn2)C1. The highest BCUT2D eigenvalue weighted by molar-refractivity contribution is 9.10. The van der Waals surface area contributed by atoms with Gasteiger partial charge in [0.15, 0.2) is 0 Å². The molecule has 2 saturated heterocycles. The maximum atomic E-state index is 14.0. The van der Waals surface area contributed by atoms with Crippen molar-refractivity contribution in [3.05, 3.63) is 52.9 Å². The second-order valence-corrected chi connectivity index (χ2v) is 7.91. The first-order valence-electron chi connectivity index (χ1n) is 9.38. The number of hydrogen-bond acceptors (Lipinski definition) is 4. The van der Waals surface area contributed by atoms with Crippen molar-refractivity contribution < 1.29 is 18.7 Å². The van der Waals surface area contributed by atoms with Crippen LogP contribution in [-0.2, 0) is 4.79 Å². The van der Waals surface area contributed by atoms with E-state index in [0.717, 1.165) is 4.47 Å². The maximum Gasteiger partial charge on any atom is 0.325 e. The van der Waals surface area contributed by atoms with Crippen LogP contribution < -0.4 is 9.64 Å². The van der Waals surface area contributed by atoms with E-state index in [0.29, 0.717) is 38.5 Å². The molecule has 29 heavy (non-hydrogen) atoms. The van der Waals surface area contributed by atoms with Crippen LogP contribution in [0.2, 0.25) is 0 Å².